The van der Waals surface area contributed by atoms with Crippen LogP contribution in [0.25, 0.3) is 0 Å². The van der Waals surface area contributed by atoms with E-state index in [1.807, 2.05) is 6.92 Å². The minimum atomic E-state index is -0.382. The Morgan fingerprint density at radius 1 is 1.25 bits per heavy atom. The molecule has 0 aromatic heterocycles. The normalized spacial score (nSPS) is 13.6. The first-order chi connectivity index (χ1) is 11.6. The lowest BCUT2D eigenvalue weighted by Gasteiger charge is -2.23. The van der Waals surface area contributed by atoms with Crippen molar-refractivity contribution in [3.05, 3.63) is 64.4 Å². The molecule has 2 aromatic carbocycles. The molecule has 0 radical (unpaired) electrons. The summed E-state index contributed by atoms with van der Waals surface area (Å²) in [6, 6.07) is 11.8. The minimum absolute atomic E-state index is 0.111. The maximum absolute atomic E-state index is 14.1. The van der Waals surface area contributed by atoms with Crippen LogP contribution >= 0.6 is 11.6 Å². The highest BCUT2D eigenvalue weighted by atomic mass is 35.5. The summed E-state index contributed by atoms with van der Waals surface area (Å²) in [7, 11) is 0. The molecule has 1 aliphatic rings. The third-order valence-electron chi connectivity index (χ3n) is 4.05. The summed E-state index contributed by atoms with van der Waals surface area (Å²) in [4.78, 5) is 14.6. The molecule has 0 heterocycles. The van der Waals surface area contributed by atoms with Crippen LogP contribution in [0.15, 0.2) is 42.5 Å². The van der Waals surface area contributed by atoms with Gasteiger partial charge in [-0.3, -0.25) is 4.79 Å². The quantitative estimate of drug-likeness (QED) is 0.759. The smallest absolute Gasteiger partial charge is 0.254 e. The van der Waals surface area contributed by atoms with E-state index in [9.17, 15) is 9.18 Å². The molecule has 3 rings (SSSR count). The van der Waals surface area contributed by atoms with E-state index in [1.165, 1.54) is 6.07 Å². The van der Waals surface area contributed by atoms with E-state index in [0.717, 1.165) is 18.6 Å². The van der Waals surface area contributed by atoms with Gasteiger partial charge in [0.1, 0.15) is 11.6 Å². The van der Waals surface area contributed by atoms with E-state index in [2.05, 4.69) is 0 Å². The molecule has 5 heteroatoms. The second-order valence-electron chi connectivity index (χ2n) is 5.82. The minimum Gasteiger partial charge on any atom is -0.494 e. The number of nitrogens with zero attached hydrogens (tertiary/aromatic N) is 1. The number of rotatable bonds is 6. The van der Waals surface area contributed by atoms with Crippen LogP contribution in [0.3, 0.4) is 0 Å². The fourth-order valence-corrected chi connectivity index (χ4v) is 2.86. The largest absolute Gasteiger partial charge is 0.494 e. The Hall–Kier alpha value is -2.07. The summed E-state index contributed by atoms with van der Waals surface area (Å²) in [6.45, 7) is 2.67. The van der Waals surface area contributed by atoms with Gasteiger partial charge in [-0.1, -0.05) is 17.7 Å². The van der Waals surface area contributed by atoms with E-state index in [0.29, 0.717) is 22.8 Å². The van der Waals surface area contributed by atoms with E-state index < -0.39 is 0 Å². The molecule has 126 valence electrons. The second-order valence-corrected chi connectivity index (χ2v) is 6.23. The van der Waals surface area contributed by atoms with Crippen LogP contribution in [0.5, 0.6) is 5.75 Å². The Morgan fingerprint density at radius 3 is 2.54 bits per heavy atom. The summed E-state index contributed by atoms with van der Waals surface area (Å²) >= 11 is 6.11. The highest BCUT2D eigenvalue weighted by Gasteiger charge is 2.34. The van der Waals surface area contributed by atoms with Gasteiger partial charge in [0.05, 0.1) is 13.2 Å². The molecular weight excluding hydrogens is 329 g/mol. The zero-order valence-corrected chi connectivity index (χ0v) is 14.2. The highest BCUT2D eigenvalue weighted by Crippen LogP contribution is 2.32. The monoisotopic (exact) mass is 347 g/mol. The average Bonchev–Trinajstić information content (AvgIpc) is 3.40. The summed E-state index contributed by atoms with van der Waals surface area (Å²) in [5.74, 6) is 0.233. The van der Waals surface area contributed by atoms with E-state index in [-0.39, 0.29) is 24.3 Å². The lowest BCUT2D eigenvalue weighted by molar-refractivity contribution is 0.0728. The Morgan fingerprint density at radius 2 is 1.96 bits per heavy atom. The van der Waals surface area contributed by atoms with Gasteiger partial charge in [0.15, 0.2) is 0 Å². The van der Waals surface area contributed by atoms with Crippen LogP contribution in [-0.4, -0.2) is 23.5 Å². The number of carbonyl (C=O) groups is 1. The van der Waals surface area contributed by atoms with Crippen LogP contribution in [0.2, 0.25) is 5.02 Å². The molecule has 1 saturated carbocycles. The molecule has 1 amide bonds. The third-order valence-corrected chi connectivity index (χ3v) is 4.41. The predicted molar refractivity (Wildman–Crippen MR) is 91.9 cm³/mol. The van der Waals surface area contributed by atoms with Crippen molar-refractivity contribution in [2.45, 2.75) is 32.4 Å². The highest BCUT2D eigenvalue weighted by molar-refractivity contribution is 6.31. The van der Waals surface area contributed by atoms with Crippen LogP contribution in [0.4, 0.5) is 4.39 Å². The molecule has 1 aliphatic carbocycles. The molecule has 1 fully saturated rings. The third kappa shape index (κ3) is 3.70. The molecule has 0 bridgehead atoms. The lowest BCUT2D eigenvalue weighted by atomic mass is 10.1. The maximum atomic E-state index is 14.1. The van der Waals surface area contributed by atoms with Gasteiger partial charge in [-0.25, -0.2) is 4.39 Å². The van der Waals surface area contributed by atoms with Gasteiger partial charge < -0.3 is 9.64 Å². The second kappa shape index (κ2) is 7.22. The van der Waals surface area contributed by atoms with Gasteiger partial charge in [0.2, 0.25) is 0 Å². The van der Waals surface area contributed by atoms with Gasteiger partial charge in [-0.2, -0.15) is 0 Å². The average molecular weight is 348 g/mol. The standard InChI is InChI=1S/C19H19ClFNO2/c1-2-24-15-10-6-13(7-11-15)19(23)22(14-8-9-14)12-16-17(20)4-3-5-18(16)21/h3-7,10-11,14H,2,8-9,12H2,1H3. The van der Waals surface area contributed by atoms with E-state index >= 15 is 0 Å². The molecule has 0 atom stereocenters. The predicted octanol–water partition coefficient (Wildman–Crippen LogP) is 4.68. The number of hydrogen-bond donors (Lipinski definition) is 0. The van der Waals surface area contributed by atoms with Crippen molar-refractivity contribution in [2.24, 2.45) is 0 Å². The van der Waals surface area contributed by atoms with Crippen LogP contribution < -0.4 is 4.74 Å². The Balaban J connectivity index is 1.81. The summed E-state index contributed by atoms with van der Waals surface area (Å²) < 4.78 is 19.5. The first-order valence-corrected chi connectivity index (χ1v) is 8.44. The van der Waals surface area contributed by atoms with Crippen molar-refractivity contribution in [2.75, 3.05) is 6.61 Å². The molecule has 24 heavy (non-hydrogen) atoms. The first-order valence-electron chi connectivity index (χ1n) is 8.07. The fraction of sp³-hybridized carbons (Fsp3) is 0.316. The molecule has 0 unspecified atom stereocenters. The summed E-state index contributed by atoms with van der Waals surface area (Å²) in [5.41, 5.74) is 0.933. The molecule has 0 saturated heterocycles. The number of benzene rings is 2. The topological polar surface area (TPSA) is 29.5 Å². The molecule has 3 nitrogen and oxygen atoms in total. The van der Waals surface area contributed by atoms with E-state index in [1.54, 1.807) is 41.3 Å². The summed E-state index contributed by atoms with van der Waals surface area (Å²) in [5, 5.41) is 0.347. The zero-order chi connectivity index (χ0) is 17.1. The number of ether oxygens (including phenoxy) is 1. The SMILES string of the molecule is CCOc1ccc(C(=O)N(Cc2c(F)cccc2Cl)C2CC2)cc1. The molecule has 0 N–H and O–H groups in total. The van der Waals surface area contributed by atoms with Crippen molar-refractivity contribution >= 4 is 17.5 Å². The van der Waals surface area contributed by atoms with Gasteiger partial charge >= 0.3 is 0 Å². The van der Waals surface area contributed by atoms with Crippen molar-refractivity contribution in [1.29, 1.82) is 0 Å². The van der Waals surface area contributed by atoms with Crippen molar-refractivity contribution in [3.8, 4) is 5.75 Å². The lowest BCUT2D eigenvalue weighted by Crippen LogP contribution is -2.33. The number of carbonyl (C=O) groups excluding carboxylic acids is 1. The Kier molecular flexibility index (Phi) is 5.05. The molecule has 0 spiro atoms. The van der Waals surface area contributed by atoms with Gasteiger partial charge in [-0.05, 0) is 56.2 Å². The van der Waals surface area contributed by atoms with Crippen LogP contribution in [0.1, 0.15) is 35.7 Å². The van der Waals surface area contributed by atoms with Crippen LogP contribution in [0, 0.1) is 5.82 Å². The first kappa shape index (κ1) is 16.8. The zero-order valence-electron chi connectivity index (χ0n) is 13.5. The van der Waals surface area contributed by atoms with Gasteiger partial charge in [-0.15, -0.1) is 0 Å². The molecular formula is C19H19ClFNO2. The van der Waals surface area contributed by atoms with Gasteiger partial charge in [0.25, 0.3) is 5.91 Å². The van der Waals surface area contributed by atoms with Crippen LogP contribution in [-0.2, 0) is 6.54 Å². The molecule has 0 aliphatic heterocycles. The number of amides is 1. The maximum Gasteiger partial charge on any atom is 0.254 e. The summed E-state index contributed by atoms with van der Waals surface area (Å²) in [6.07, 6.45) is 1.88. The molecule has 2 aromatic rings. The fourth-order valence-electron chi connectivity index (χ4n) is 2.63. The number of halogens is 2. The Bertz CT molecular complexity index is 708. The van der Waals surface area contributed by atoms with Crippen molar-refractivity contribution in [1.82, 2.24) is 4.90 Å². The number of hydrogen-bond acceptors (Lipinski definition) is 2. The van der Waals surface area contributed by atoms with Gasteiger partial charge in [0, 0.05) is 22.2 Å². The van der Waals surface area contributed by atoms with Crippen molar-refractivity contribution in [3.63, 3.8) is 0 Å². The van der Waals surface area contributed by atoms with E-state index in [4.69, 9.17) is 16.3 Å². The van der Waals surface area contributed by atoms with Crippen molar-refractivity contribution < 1.29 is 13.9 Å². The Labute approximate surface area is 146 Å².